The van der Waals surface area contributed by atoms with Gasteiger partial charge in [0.25, 0.3) is 0 Å². The number of rotatable bonds is 2. The van der Waals surface area contributed by atoms with Crippen molar-refractivity contribution in [2.75, 3.05) is 0 Å². The van der Waals surface area contributed by atoms with Crippen LogP contribution in [0.4, 0.5) is 21.0 Å². The molecule has 2 aliphatic heterocycles. The molecule has 0 atom stereocenters. The van der Waals surface area contributed by atoms with Crippen molar-refractivity contribution in [2.24, 2.45) is 9.98 Å². The van der Waals surface area contributed by atoms with Crippen LogP contribution in [0.1, 0.15) is 55.4 Å². The Morgan fingerprint density at radius 1 is 0.604 bits per heavy atom. The van der Waals surface area contributed by atoms with Gasteiger partial charge in [0.1, 0.15) is 33.3 Å². The van der Waals surface area contributed by atoms with Crippen LogP contribution in [0.5, 0.6) is 23.0 Å². The SMILES string of the molecule is CCn1c(=O)n(C(=O)OC(C)(C)C)c2cc3c(cc21)Oc1cc2c(cc1=N3)Oc1cc3c(cc1N=2)n(C(=O)OC(C)(C)C)c(=O)n3CC. The summed E-state index contributed by atoms with van der Waals surface area (Å²) in [4.78, 5) is 62.3. The number of aryl methyl sites for hydroxylation is 2. The third-order valence-electron chi connectivity index (χ3n) is 7.77. The number of ether oxygens (including phenoxy) is 4. The monoisotopic (exact) mass is 654 g/mol. The van der Waals surface area contributed by atoms with E-state index in [0.717, 1.165) is 9.13 Å². The van der Waals surface area contributed by atoms with E-state index in [1.165, 1.54) is 9.13 Å². The zero-order valence-electron chi connectivity index (χ0n) is 27.8. The molecule has 0 radical (unpaired) electrons. The van der Waals surface area contributed by atoms with Gasteiger partial charge in [-0.15, -0.1) is 0 Å². The minimum atomic E-state index is -0.803. The van der Waals surface area contributed by atoms with Crippen LogP contribution in [0, 0.1) is 0 Å². The summed E-state index contributed by atoms with van der Waals surface area (Å²) in [5.74, 6) is 1.58. The number of carbonyl (C=O) groups excluding carboxylic acids is 2. The molecular weight excluding hydrogens is 620 g/mol. The first-order chi connectivity index (χ1) is 22.6. The van der Waals surface area contributed by atoms with Crippen LogP contribution in [-0.4, -0.2) is 41.7 Å². The van der Waals surface area contributed by atoms with Crippen molar-refractivity contribution < 1.29 is 28.5 Å². The first kappa shape index (κ1) is 31.0. The predicted octanol–water partition coefficient (Wildman–Crippen LogP) is 5.64. The maximum absolute atomic E-state index is 13.3. The first-order valence-electron chi connectivity index (χ1n) is 15.6. The van der Waals surface area contributed by atoms with E-state index in [-0.39, 0.29) is 0 Å². The fraction of sp³-hybridized carbons (Fsp3) is 0.353. The molecule has 0 saturated carbocycles. The summed E-state index contributed by atoms with van der Waals surface area (Å²) in [5, 5.41) is 0.894. The molecule has 0 bridgehead atoms. The first-order valence-corrected chi connectivity index (χ1v) is 15.6. The Labute approximate surface area is 273 Å². The number of imidazole rings is 2. The van der Waals surface area contributed by atoms with E-state index in [1.807, 2.05) is 13.8 Å². The molecule has 0 aliphatic carbocycles. The van der Waals surface area contributed by atoms with E-state index < -0.39 is 34.8 Å². The lowest BCUT2D eigenvalue weighted by Gasteiger charge is -2.20. The van der Waals surface area contributed by atoms with Gasteiger partial charge in [-0.3, -0.25) is 9.13 Å². The molecule has 0 unspecified atom stereocenters. The topological polar surface area (TPSA) is 150 Å². The predicted molar refractivity (Wildman–Crippen MR) is 175 cm³/mol. The number of hydrogen-bond acceptors (Lipinski definition) is 10. The van der Waals surface area contributed by atoms with E-state index in [2.05, 4.69) is 0 Å². The quantitative estimate of drug-likeness (QED) is 0.233. The highest BCUT2D eigenvalue weighted by atomic mass is 16.6. The molecule has 7 rings (SSSR count). The molecule has 0 N–H and O–H groups in total. The molecule has 14 nitrogen and oxygen atoms in total. The lowest BCUT2D eigenvalue weighted by Crippen LogP contribution is -2.34. The molecule has 0 amide bonds. The Hall–Kier alpha value is -5.66. The summed E-state index contributed by atoms with van der Waals surface area (Å²) in [6.45, 7) is 14.6. The zero-order valence-corrected chi connectivity index (χ0v) is 27.8. The van der Waals surface area contributed by atoms with E-state index in [4.69, 9.17) is 28.9 Å². The van der Waals surface area contributed by atoms with Crippen molar-refractivity contribution in [3.8, 4) is 23.0 Å². The van der Waals surface area contributed by atoms with E-state index in [9.17, 15) is 19.2 Å². The molecule has 2 aliphatic rings. The molecule has 48 heavy (non-hydrogen) atoms. The fourth-order valence-corrected chi connectivity index (χ4v) is 5.83. The highest BCUT2D eigenvalue weighted by Crippen LogP contribution is 2.40. The molecule has 0 spiro atoms. The van der Waals surface area contributed by atoms with Gasteiger partial charge in [0.05, 0.1) is 22.1 Å². The van der Waals surface area contributed by atoms with E-state index >= 15 is 0 Å². The zero-order chi connectivity index (χ0) is 34.4. The Morgan fingerprint density at radius 2 is 0.979 bits per heavy atom. The number of aromatic nitrogens is 4. The maximum atomic E-state index is 13.3. The normalized spacial score (nSPS) is 13.3. The van der Waals surface area contributed by atoms with Crippen molar-refractivity contribution in [3.63, 3.8) is 0 Å². The van der Waals surface area contributed by atoms with Crippen LogP contribution in [-0.2, 0) is 22.6 Å². The van der Waals surface area contributed by atoms with Crippen molar-refractivity contribution in [1.82, 2.24) is 18.3 Å². The molecule has 248 valence electrons. The van der Waals surface area contributed by atoms with Crippen LogP contribution in [0.25, 0.3) is 22.1 Å². The summed E-state index contributed by atoms with van der Waals surface area (Å²) in [6, 6.07) is 9.98. The van der Waals surface area contributed by atoms with Crippen LogP contribution in [0.15, 0.2) is 56.0 Å². The Kier molecular flexibility index (Phi) is 6.72. The van der Waals surface area contributed by atoms with Gasteiger partial charge in [0.15, 0.2) is 23.0 Å². The van der Waals surface area contributed by atoms with E-state index in [0.29, 0.717) is 80.2 Å². The highest BCUT2D eigenvalue weighted by Gasteiger charge is 2.28. The third kappa shape index (κ3) is 4.95. The summed E-state index contributed by atoms with van der Waals surface area (Å²) >= 11 is 0. The Morgan fingerprint density at radius 3 is 1.31 bits per heavy atom. The van der Waals surface area contributed by atoms with Crippen molar-refractivity contribution in [2.45, 2.75) is 79.7 Å². The van der Waals surface area contributed by atoms with Crippen molar-refractivity contribution in [1.29, 1.82) is 0 Å². The number of hydrogen-bond donors (Lipinski definition) is 0. The average Bonchev–Trinajstić information content (AvgIpc) is 3.41. The summed E-state index contributed by atoms with van der Waals surface area (Å²) < 4.78 is 28.5. The van der Waals surface area contributed by atoms with Crippen LogP contribution in [0.3, 0.4) is 0 Å². The van der Waals surface area contributed by atoms with Gasteiger partial charge < -0.3 is 18.9 Å². The highest BCUT2D eigenvalue weighted by molar-refractivity contribution is 5.92. The summed E-state index contributed by atoms with van der Waals surface area (Å²) in [6.07, 6.45) is -1.57. The van der Waals surface area contributed by atoms with Gasteiger partial charge in [-0.25, -0.2) is 29.2 Å². The van der Waals surface area contributed by atoms with Gasteiger partial charge in [-0.1, -0.05) is 0 Å². The number of carbonyl (C=O) groups is 2. The largest absolute Gasteiger partial charge is 0.453 e. The third-order valence-corrected chi connectivity index (χ3v) is 7.77. The summed E-state index contributed by atoms with van der Waals surface area (Å²) in [7, 11) is 0. The molecule has 0 saturated heterocycles. The molecule has 2 aromatic heterocycles. The van der Waals surface area contributed by atoms with Crippen LogP contribution < -0.4 is 31.6 Å². The van der Waals surface area contributed by atoms with Crippen LogP contribution >= 0.6 is 0 Å². The van der Waals surface area contributed by atoms with Gasteiger partial charge in [-0.2, -0.15) is 9.13 Å². The number of benzene rings is 3. The minimum Gasteiger partial charge on any atom is -0.453 e. The number of fused-ring (bicyclic) bond motifs is 6. The lowest BCUT2D eigenvalue weighted by molar-refractivity contribution is 0.0525. The van der Waals surface area contributed by atoms with Crippen molar-refractivity contribution in [3.05, 3.63) is 68.1 Å². The second-order valence-electron chi connectivity index (χ2n) is 13.5. The maximum Gasteiger partial charge on any atom is 0.423 e. The Bertz CT molecular complexity index is 2310. The lowest BCUT2D eigenvalue weighted by atomic mass is 10.2. The van der Waals surface area contributed by atoms with Crippen molar-refractivity contribution >= 4 is 45.6 Å². The molecule has 14 heteroatoms. The van der Waals surface area contributed by atoms with Gasteiger partial charge in [0.2, 0.25) is 0 Å². The molecule has 5 aromatic rings. The Balaban J connectivity index is 1.35. The van der Waals surface area contributed by atoms with Crippen LogP contribution in [0.2, 0.25) is 0 Å². The molecule has 3 aromatic carbocycles. The second-order valence-corrected chi connectivity index (χ2v) is 13.5. The number of nitrogens with zero attached hydrogens (tertiary/aromatic N) is 6. The average molecular weight is 655 g/mol. The fourth-order valence-electron chi connectivity index (χ4n) is 5.83. The molecular formula is C34H34N6O8. The molecule has 4 heterocycles. The summed E-state index contributed by atoms with van der Waals surface area (Å²) in [5.41, 5.74) is -0.178. The van der Waals surface area contributed by atoms with Gasteiger partial charge in [-0.05, 0) is 67.5 Å². The minimum absolute atomic E-state index is 0.317. The second kappa shape index (κ2) is 10.4. The smallest absolute Gasteiger partial charge is 0.423 e. The van der Waals surface area contributed by atoms with E-state index in [1.54, 1.807) is 77.9 Å². The standard InChI is InChI=1S/C34H34N6O8/c1-9-37-21-15-27-17(11-23(21)39(29(37)41)31(43)47-33(3,4)5)35-19-14-26-20(13-25(19)45-27)36-18-12-24-22(16-28(18)46-26)38(10-2)30(42)40(24)32(44)48-34(6,7)8/h11-16H,9-10H2,1-8H3. The van der Waals surface area contributed by atoms with Gasteiger partial charge >= 0.3 is 23.6 Å². The van der Waals surface area contributed by atoms with Gasteiger partial charge in [0, 0.05) is 37.4 Å². The molecule has 0 fully saturated rings.